The minimum atomic E-state index is -4.32. The van der Waals surface area contributed by atoms with E-state index in [1.165, 1.54) is 12.1 Å². The van der Waals surface area contributed by atoms with Crippen LogP contribution in [0.3, 0.4) is 0 Å². The van der Waals surface area contributed by atoms with Gasteiger partial charge in [-0.15, -0.1) is 0 Å². The summed E-state index contributed by atoms with van der Waals surface area (Å²) in [5.41, 5.74) is -0.763. The van der Waals surface area contributed by atoms with Crippen LogP contribution in [0.15, 0.2) is 18.2 Å². The average Bonchev–Trinajstić information content (AvgIpc) is 2.88. The highest BCUT2D eigenvalue weighted by Gasteiger charge is 2.30. The second kappa shape index (κ2) is 3.19. The Labute approximate surface area is 79.5 Å². The monoisotopic (exact) mass is 201 g/mol. The predicted octanol–water partition coefficient (Wildman–Crippen LogP) is 3.05. The van der Waals surface area contributed by atoms with Crippen LogP contribution >= 0.6 is 0 Å². The third kappa shape index (κ3) is 2.19. The SMILES string of the molecule is FC(F)(F)c1[c]cc(OC2CC2)cc1. The summed E-state index contributed by atoms with van der Waals surface area (Å²) in [7, 11) is 0. The van der Waals surface area contributed by atoms with Gasteiger partial charge in [0.1, 0.15) is 5.75 Å². The van der Waals surface area contributed by atoms with Crippen molar-refractivity contribution in [3.63, 3.8) is 0 Å². The molecule has 1 aliphatic carbocycles. The summed E-state index contributed by atoms with van der Waals surface area (Å²) in [5, 5.41) is 0. The minimum Gasteiger partial charge on any atom is -0.490 e. The zero-order valence-electron chi connectivity index (χ0n) is 7.27. The minimum absolute atomic E-state index is 0.195. The van der Waals surface area contributed by atoms with Crippen LogP contribution in [-0.2, 0) is 6.18 Å². The van der Waals surface area contributed by atoms with E-state index >= 15 is 0 Å². The lowest BCUT2D eigenvalue weighted by Crippen LogP contribution is -2.05. The molecule has 1 radical (unpaired) electrons. The van der Waals surface area contributed by atoms with Crippen molar-refractivity contribution < 1.29 is 17.9 Å². The van der Waals surface area contributed by atoms with Gasteiger partial charge in [0.15, 0.2) is 0 Å². The van der Waals surface area contributed by atoms with Crippen molar-refractivity contribution in [3.05, 3.63) is 29.8 Å². The summed E-state index contributed by atoms with van der Waals surface area (Å²) in [6.45, 7) is 0. The van der Waals surface area contributed by atoms with Gasteiger partial charge >= 0.3 is 6.18 Å². The van der Waals surface area contributed by atoms with Crippen molar-refractivity contribution in [2.45, 2.75) is 25.1 Å². The van der Waals surface area contributed by atoms with Crippen LogP contribution in [0.2, 0.25) is 0 Å². The fourth-order valence-corrected chi connectivity index (χ4v) is 1.04. The van der Waals surface area contributed by atoms with E-state index < -0.39 is 11.7 Å². The molecule has 0 aromatic heterocycles. The average molecular weight is 201 g/mol. The molecule has 1 aromatic rings. The maximum absolute atomic E-state index is 12.1. The van der Waals surface area contributed by atoms with E-state index in [2.05, 4.69) is 6.07 Å². The molecule has 0 amide bonds. The van der Waals surface area contributed by atoms with Gasteiger partial charge in [0, 0.05) is 0 Å². The molecule has 1 nitrogen and oxygen atoms in total. The van der Waals surface area contributed by atoms with Crippen LogP contribution in [0.1, 0.15) is 18.4 Å². The van der Waals surface area contributed by atoms with Gasteiger partial charge in [-0.05, 0) is 37.1 Å². The molecule has 75 valence electrons. The van der Waals surface area contributed by atoms with E-state index in [0.717, 1.165) is 18.9 Å². The first-order chi connectivity index (χ1) is 6.55. The highest BCUT2D eigenvalue weighted by molar-refractivity contribution is 5.28. The third-order valence-electron chi connectivity index (χ3n) is 1.92. The first-order valence-corrected chi connectivity index (χ1v) is 4.31. The molecule has 0 aliphatic heterocycles. The summed E-state index contributed by atoms with van der Waals surface area (Å²) < 4.78 is 41.7. The molecular formula is C10H8F3O. The summed E-state index contributed by atoms with van der Waals surface area (Å²) in [4.78, 5) is 0. The summed E-state index contributed by atoms with van der Waals surface area (Å²) in [6.07, 6.45) is -2.15. The van der Waals surface area contributed by atoms with E-state index in [-0.39, 0.29) is 6.10 Å². The van der Waals surface area contributed by atoms with Crippen molar-refractivity contribution in [3.8, 4) is 5.75 Å². The van der Waals surface area contributed by atoms with Crippen molar-refractivity contribution in [1.82, 2.24) is 0 Å². The maximum atomic E-state index is 12.1. The zero-order chi connectivity index (χ0) is 10.2. The molecule has 2 rings (SSSR count). The van der Waals surface area contributed by atoms with Crippen LogP contribution in [0, 0.1) is 6.07 Å². The van der Waals surface area contributed by atoms with Crippen LogP contribution in [0.25, 0.3) is 0 Å². The maximum Gasteiger partial charge on any atom is 0.417 e. The van der Waals surface area contributed by atoms with Gasteiger partial charge in [0.2, 0.25) is 0 Å². The normalized spacial score (nSPS) is 16.8. The lowest BCUT2D eigenvalue weighted by atomic mass is 10.2. The van der Waals surface area contributed by atoms with Gasteiger partial charge in [-0.2, -0.15) is 13.2 Å². The van der Waals surface area contributed by atoms with Gasteiger partial charge in [-0.3, -0.25) is 0 Å². The standard InChI is InChI=1S/C10H8F3O/c11-10(12,13)7-1-3-8(4-2-7)14-9-5-6-9/h1,3-4,9H,5-6H2. The molecule has 1 saturated carbocycles. The molecule has 0 unspecified atom stereocenters. The topological polar surface area (TPSA) is 9.23 Å². The molecule has 0 heterocycles. The molecule has 0 N–H and O–H groups in total. The molecule has 0 atom stereocenters. The molecule has 14 heavy (non-hydrogen) atoms. The number of hydrogen-bond donors (Lipinski definition) is 0. The Hall–Kier alpha value is -1.19. The predicted molar refractivity (Wildman–Crippen MR) is 43.9 cm³/mol. The fourth-order valence-electron chi connectivity index (χ4n) is 1.04. The van der Waals surface area contributed by atoms with Gasteiger partial charge in [-0.1, -0.05) is 0 Å². The molecule has 0 spiro atoms. The Bertz CT molecular complexity index is 311. The van der Waals surface area contributed by atoms with Crippen LogP contribution in [-0.4, -0.2) is 6.10 Å². The Morgan fingerprint density at radius 3 is 2.43 bits per heavy atom. The van der Waals surface area contributed by atoms with E-state index in [9.17, 15) is 13.2 Å². The number of halogens is 3. The van der Waals surface area contributed by atoms with Crippen molar-refractivity contribution >= 4 is 0 Å². The molecule has 1 aliphatic rings. The first kappa shape index (κ1) is 9.37. The first-order valence-electron chi connectivity index (χ1n) is 4.31. The largest absolute Gasteiger partial charge is 0.490 e. The summed E-state index contributed by atoms with van der Waals surface area (Å²) >= 11 is 0. The van der Waals surface area contributed by atoms with E-state index in [4.69, 9.17) is 4.74 Å². The number of benzene rings is 1. The highest BCUT2D eigenvalue weighted by Crippen LogP contribution is 2.31. The van der Waals surface area contributed by atoms with Gasteiger partial charge in [0.05, 0.1) is 11.7 Å². The summed E-state index contributed by atoms with van der Waals surface area (Å²) in [5.74, 6) is 0.459. The van der Waals surface area contributed by atoms with E-state index in [1.54, 1.807) is 0 Å². The van der Waals surface area contributed by atoms with Gasteiger partial charge in [-0.25, -0.2) is 0 Å². The van der Waals surface area contributed by atoms with E-state index in [1.807, 2.05) is 0 Å². The quantitative estimate of drug-likeness (QED) is 0.714. The smallest absolute Gasteiger partial charge is 0.417 e. The second-order valence-corrected chi connectivity index (χ2v) is 3.25. The van der Waals surface area contributed by atoms with E-state index in [0.29, 0.717) is 5.75 Å². The number of ether oxygens (including phenoxy) is 1. The molecule has 0 bridgehead atoms. The van der Waals surface area contributed by atoms with Gasteiger partial charge in [0.25, 0.3) is 0 Å². The lowest BCUT2D eigenvalue weighted by molar-refractivity contribution is -0.137. The molecular weight excluding hydrogens is 193 g/mol. The second-order valence-electron chi connectivity index (χ2n) is 3.25. The van der Waals surface area contributed by atoms with Crippen LogP contribution in [0.5, 0.6) is 5.75 Å². The number of alkyl halides is 3. The fraction of sp³-hybridized carbons (Fsp3) is 0.400. The van der Waals surface area contributed by atoms with Crippen molar-refractivity contribution in [2.75, 3.05) is 0 Å². The highest BCUT2D eigenvalue weighted by atomic mass is 19.4. The Morgan fingerprint density at radius 1 is 1.29 bits per heavy atom. The molecule has 1 aromatic carbocycles. The molecule has 1 fully saturated rings. The Morgan fingerprint density at radius 2 is 2.00 bits per heavy atom. The van der Waals surface area contributed by atoms with Crippen molar-refractivity contribution in [1.29, 1.82) is 0 Å². The molecule has 0 saturated heterocycles. The van der Waals surface area contributed by atoms with Crippen molar-refractivity contribution in [2.24, 2.45) is 0 Å². The molecule has 4 heteroatoms. The third-order valence-corrected chi connectivity index (χ3v) is 1.92. The van der Waals surface area contributed by atoms with Crippen LogP contribution < -0.4 is 4.74 Å². The zero-order valence-corrected chi connectivity index (χ0v) is 7.27. The number of hydrogen-bond acceptors (Lipinski definition) is 1. The Balaban J connectivity index is 2.08. The number of rotatable bonds is 2. The van der Waals surface area contributed by atoms with Gasteiger partial charge < -0.3 is 4.74 Å². The van der Waals surface area contributed by atoms with Crippen LogP contribution in [0.4, 0.5) is 13.2 Å². The Kier molecular flexibility index (Phi) is 2.13. The summed E-state index contributed by atoms with van der Waals surface area (Å²) in [6, 6.07) is 5.71. The lowest BCUT2D eigenvalue weighted by Gasteiger charge is -2.07.